The van der Waals surface area contributed by atoms with E-state index in [1.54, 1.807) is 0 Å². The molecule has 0 spiro atoms. The number of benzene rings is 1. The van der Waals surface area contributed by atoms with Gasteiger partial charge >= 0.3 is 0 Å². The maximum absolute atomic E-state index is 4.91. The number of para-hydroxylation sites is 2. The minimum absolute atomic E-state index is 1.03. The first-order valence-electron chi connectivity index (χ1n) is 13.8. The second kappa shape index (κ2) is 17.2. The van der Waals surface area contributed by atoms with Gasteiger partial charge in [0.15, 0.2) is 0 Å². The standard InChI is InChI=1S/C29H51N3/c1-4-5-6-7-8-9-10-11-12-13-14-15-16-17-18-21-25-32-28-23-20-19-22-27(28)30-29(32)24-26-31(2)3/h19-20,22-23H,4-18,21,24-26H2,1-3H3. The van der Waals surface area contributed by atoms with Gasteiger partial charge in [-0.25, -0.2) is 4.98 Å². The Morgan fingerprint density at radius 2 is 1.19 bits per heavy atom. The topological polar surface area (TPSA) is 21.1 Å². The summed E-state index contributed by atoms with van der Waals surface area (Å²) in [7, 11) is 4.28. The van der Waals surface area contributed by atoms with Crippen LogP contribution in [0.4, 0.5) is 0 Å². The highest BCUT2D eigenvalue weighted by Gasteiger charge is 2.10. The number of rotatable bonds is 20. The van der Waals surface area contributed by atoms with Crippen molar-refractivity contribution in [2.24, 2.45) is 0 Å². The molecule has 1 aromatic carbocycles. The van der Waals surface area contributed by atoms with Crippen molar-refractivity contribution >= 4 is 11.0 Å². The maximum atomic E-state index is 4.91. The molecule has 0 radical (unpaired) electrons. The van der Waals surface area contributed by atoms with Gasteiger partial charge in [-0.2, -0.15) is 0 Å². The van der Waals surface area contributed by atoms with Gasteiger partial charge in [0.05, 0.1) is 11.0 Å². The molecule has 3 nitrogen and oxygen atoms in total. The van der Waals surface area contributed by atoms with Crippen molar-refractivity contribution in [1.29, 1.82) is 0 Å². The van der Waals surface area contributed by atoms with Crippen molar-refractivity contribution in [3.05, 3.63) is 30.1 Å². The summed E-state index contributed by atoms with van der Waals surface area (Å²) in [4.78, 5) is 7.16. The second-order valence-corrected chi connectivity index (χ2v) is 10.0. The van der Waals surface area contributed by atoms with E-state index in [2.05, 4.69) is 54.8 Å². The molecule has 2 rings (SSSR count). The fourth-order valence-electron chi connectivity index (χ4n) is 4.71. The second-order valence-electron chi connectivity index (χ2n) is 10.0. The summed E-state index contributed by atoms with van der Waals surface area (Å²) < 4.78 is 2.47. The van der Waals surface area contributed by atoms with Crippen LogP contribution >= 0.6 is 0 Å². The molecule has 0 amide bonds. The zero-order valence-corrected chi connectivity index (χ0v) is 21.6. The average Bonchev–Trinajstić information content (AvgIpc) is 3.15. The van der Waals surface area contributed by atoms with E-state index in [9.17, 15) is 0 Å². The molecule has 32 heavy (non-hydrogen) atoms. The molecule has 1 heterocycles. The van der Waals surface area contributed by atoms with Crippen LogP contribution in [0.1, 0.15) is 115 Å². The highest BCUT2D eigenvalue weighted by molar-refractivity contribution is 5.75. The van der Waals surface area contributed by atoms with E-state index in [4.69, 9.17) is 4.98 Å². The highest BCUT2D eigenvalue weighted by Crippen LogP contribution is 2.19. The van der Waals surface area contributed by atoms with E-state index in [1.807, 2.05) is 0 Å². The lowest BCUT2D eigenvalue weighted by Crippen LogP contribution is -2.17. The van der Waals surface area contributed by atoms with Crippen molar-refractivity contribution in [3.8, 4) is 0 Å². The van der Waals surface area contributed by atoms with Crippen molar-refractivity contribution in [2.45, 2.75) is 123 Å². The molecule has 1 aromatic heterocycles. The largest absolute Gasteiger partial charge is 0.328 e. The van der Waals surface area contributed by atoms with Crippen LogP contribution in [0.15, 0.2) is 24.3 Å². The monoisotopic (exact) mass is 441 g/mol. The Balaban J connectivity index is 1.50. The third-order valence-corrected chi connectivity index (χ3v) is 6.75. The average molecular weight is 442 g/mol. The van der Waals surface area contributed by atoms with Gasteiger partial charge in [-0.3, -0.25) is 0 Å². The van der Waals surface area contributed by atoms with E-state index in [0.717, 1.165) is 25.0 Å². The number of imidazole rings is 1. The van der Waals surface area contributed by atoms with Crippen LogP contribution in [0.2, 0.25) is 0 Å². The van der Waals surface area contributed by atoms with Crippen LogP contribution in [-0.4, -0.2) is 35.1 Å². The lowest BCUT2D eigenvalue weighted by Gasteiger charge is -2.12. The molecule has 0 unspecified atom stereocenters. The molecule has 3 heteroatoms. The predicted octanol–water partition coefficient (Wildman–Crippen LogP) is 8.40. The number of aryl methyl sites for hydroxylation is 1. The zero-order valence-electron chi connectivity index (χ0n) is 21.6. The summed E-state index contributed by atoms with van der Waals surface area (Å²) in [6.07, 6.45) is 23.8. The Morgan fingerprint density at radius 3 is 1.72 bits per heavy atom. The minimum Gasteiger partial charge on any atom is -0.328 e. The van der Waals surface area contributed by atoms with E-state index in [0.29, 0.717) is 0 Å². The zero-order chi connectivity index (χ0) is 22.9. The van der Waals surface area contributed by atoms with Crippen molar-refractivity contribution < 1.29 is 0 Å². The molecule has 0 fully saturated rings. The number of likely N-dealkylation sites (N-methyl/N-ethyl adjacent to an activating group) is 1. The van der Waals surface area contributed by atoms with Crippen LogP contribution in [-0.2, 0) is 13.0 Å². The molecule has 182 valence electrons. The molecule has 0 aliphatic carbocycles. The van der Waals surface area contributed by atoms with E-state index < -0.39 is 0 Å². The van der Waals surface area contributed by atoms with Gasteiger partial charge in [-0.1, -0.05) is 115 Å². The van der Waals surface area contributed by atoms with E-state index >= 15 is 0 Å². The van der Waals surface area contributed by atoms with E-state index in [1.165, 1.54) is 114 Å². The Kier molecular flexibility index (Phi) is 14.4. The van der Waals surface area contributed by atoms with Crippen LogP contribution in [0.3, 0.4) is 0 Å². The molecule has 0 saturated carbocycles. The number of nitrogens with zero attached hydrogens (tertiary/aromatic N) is 3. The highest BCUT2D eigenvalue weighted by atomic mass is 15.1. The van der Waals surface area contributed by atoms with Crippen LogP contribution in [0.25, 0.3) is 11.0 Å². The molecular formula is C29H51N3. The molecule has 2 aromatic rings. The molecule has 0 atom stereocenters. The maximum Gasteiger partial charge on any atom is 0.111 e. The summed E-state index contributed by atoms with van der Waals surface area (Å²) in [5, 5.41) is 0. The molecule has 0 bridgehead atoms. The summed E-state index contributed by atoms with van der Waals surface area (Å²) in [6, 6.07) is 8.63. The van der Waals surface area contributed by atoms with Gasteiger partial charge < -0.3 is 9.47 Å². The first-order valence-corrected chi connectivity index (χ1v) is 13.8. The minimum atomic E-state index is 1.03. The van der Waals surface area contributed by atoms with Gasteiger partial charge in [0.1, 0.15) is 5.82 Å². The van der Waals surface area contributed by atoms with Gasteiger partial charge in [0, 0.05) is 19.5 Å². The predicted molar refractivity (Wildman–Crippen MR) is 142 cm³/mol. The molecule has 0 aliphatic heterocycles. The van der Waals surface area contributed by atoms with Gasteiger partial charge in [-0.15, -0.1) is 0 Å². The van der Waals surface area contributed by atoms with Crippen molar-refractivity contribution in [3.63, 3.8) is 0 Å². The van der Waals surface area contributed by atoms with Crippen molar-refractivity contribution in [1.82, 2.24) is 14.5 Å². The number of aromatic nitrogens is 2. The Labute approximate surface area is 199 Å². The van der Waals surface area contributed by atoms with Crippen LogP contribution in [0.5, 0.6) is 0 Å². The Morgan fingerprint density at radius 1 is 0.688 bits per heavy atom. The number of unbranched alkanes of at least 4 members (excludes halogenated alkanes) is 15. The van der Waals surface area contributed by atoms with Crippen LogP contribution in [0, 0.1) is 0 Å². The smallest absolute Gasteiger partial charge is 0.111 e. The molecule has 0 aliphatic rings. The van der Waals surface area contributed by atoms with E-state index in [-0.39, 0.29) is 0 Å². The first kappa shape index (κ1) is 26.9. The summed E-state index contributed by atoms with van der Waals surface area (Å²) >= 11 is 0. The normalized spacial score (nSPS) is 11.8. The lowest BCUT2D eigenvalue weighted by atomic mass is 10.0. The van der Waals surface area contributed by atoms with Gasteiger partial charge in [-0.05, 0) is 32.6 Å². The number of hydrogen-bond acceptors (Lipinski definition) is 2. The fourth-order valence-corrected chi connectivity index (χ4v) is 4.71. The molecular weight excluding hydrogens is 390 g/mol. The number of fused-ring (bicyclic) bond motifs is 1. The van der Waals surface area contributed by atoms with Crippen molar-refractivity contribution in [2.75, 3.05) is 20.6 Å². The quantitative estimate of drug-likeness (QED) is 0.192. The third kappa shape index (κ3) is 11.0. The summed E-state index contributed by atoms with van der Waals surface area (Å²) in [6.45, 7) is 4.47. The SMILES string of the molecule is CCCCCCCCCCCCCCCCCCn1c(CCN(C)C)nc2ccccc21. The summed E-state index contributed by atoms with van der Waals surface area (Å²) in [5.74, 6) is 1.25. The number of hydrogen-bond donors (Lipinski definition) is 0. The third-order valence-electron chi connectivity index (χ3n) is 6.75. The summed E-state index contributed by atoms with van der Waals surface area (Å²) in [5.41, 5.74) is 2.46. The Hall–Kier alpha value is -1.35. The van der Waals surface area contributed by atoms with Gasteiger partial charge in [0.25, 0.3) is 0 Å². The van der Waals surface area contributed by atoms with Crippen LogP contribution < -0.4 is 0 Å². The fraction of sp³-hybridized carbons (Fsp3) is 0.759. The lowest BCUT2D eigenvalue weighted by molar-refractivity contribution is 0.405. The molecule has 0 N–H and O–H groups in total. The first-order chi connectivity index (χ1) is 15.7. The molecule has 0 saturated heterocycles. The Bertz CT molecular complexity index is 703. The van der Waals surface area contributed by atoms with Gasteiger partial charge in [0.2, 0.25) is 0 Å².